The molecule has 0 unspecified atom stereocenters. The summed E-state index contributed by atoms with van der Waals surface area (Å²) in [6.45, 7) is 5.80. The minimum absolute atomic E-state index is 0.00492. The first-order valence-electron chi connectivity index (χ1n) is 8.92. The fourth-order valence-corrected chi connectivity index (χ4v) is 2.54. The summed E-state index contributed by atoms with van der Waals surface area (Å²) in [5.74, 6) is 1.46. The number of aliphatic hydroxyl groups excluding tert-OH is 1. The van der Waals surface area contributed by atoms with Crippen LogP contribution in [0.3, 0.4) is 0 Å². The van der Waals surface area contributed by atoms with Crippen molar-refractivity contribution in [3.63, 3.8) is 0 Å². The molecule has 5 heteroatoms. The lowest BCUT2D eigenvalue weighted by molar-refractivity contribution is -0.133. The lowest BCUT2D eigenvalue weighted by Crippen LogP contribution is -2.36. The summed E-state index contributed by atoms with van der Waals surface area (Å²) in [5, 5.41) is 9.03. The number of hydrogen-bond acceptors (Lipinski definition) is 4. The first-order valence-corrected chi connectivity index (χ1v) is 8.92. The first kappa shape index (κ1) is 19.8. The molecule has 0 fully saturated rings. The zero-order valence-electron chi connectivity index (χ0n) is 15.5. The van der Waals surface area contributed by atoms with E-state index in [0.29, 0.717) is 25.4 Å². The van der Waals surface area contributed by atoms with Crippen LogP contribution < -0.4 is 9.47 Å². The molecule has 2 aromatic rings. The summed E-state index contributed by atoms with van der Waals surface area (Å²) in [6.07, 6.45) is 0.763. The van der Waals surface area contributed by atoms with Crippen LogP contribution in [0, 0.1) is 6.92 Å². The highest BCUT2D eigenvalue weighted by atomic mass is 16.5. The van der Waals surface area contributed by atoms with E-state index < -0.39 is 0 Å². The van der Waals surface area contributed by atoms with Gasteiger partial charge in [0, 0.05) is 13.1 Å². The van der Waals surface area contributed by atoms with Gasteiger partial charge in [-0.1, -0.05) is 30.3 Å². The Bertz CT molecular complexity index is 685. The van der Waals surface area contributed by atoms with Crippen LogP contribution in [0.5, 0.6) is 11.5 Å². The molecular formula is C21H27NO4. The van der Waals surface area contributed by atoms with Gasteiger partial charge in [-0.2, -0.15) is 0 Å². The van der Waals surface area contributed by atoms with Crippen molar-refractivity contribution in [2.75, 3.05) is 26.3 Å². The van der Waals surface area contributed by atoms with E-state index >= 15 is 0 Å². The van der Waals surface area contributed by atoms with Crippen LogP contribution in [0.15, 0.2) is 48.5 Å². The summed E-state index contributed by atoms with van der Waals surface area (Å²) in [7, 11) is 0. The van der Waals surface area contributed by atoms with Crippen molar-refractivity contribution in [1.82, 2.24) is 4.90 Å². The van der Waals surface area contributed by atoms with Crippen molar-refractivity contribution in [3.8, 4) is 11.5 Å². The molecule has 5 nitrogen and oxygen atoms in total. The normalized spacial score (nSPS) is 10.4. The van der Waals surface area contributed by atoms with Crippen molar-refractivity contribution in [3.05, 3.63) is 59.7 Å². The number of aliphatic hydroxyl groups is 1. The minimum atomic E-state index is -0.0466. The average molecular weight is 357 g/mol. The minimum Gasteiger partial charge on any atom is -0.493 e. The summed E-state index contributed by atoms with van der Waals surface area (Å²) in [4.78, 5) is 14.1. The van der Waals surface area contributed by atoms with Crippen LogP contribution in [0.25, 0.3) is 0 Å². The SMILES string of the molecule is CCN(CCCOc1ccccc1C)C(=O)COc1ccc(CO)cc1. The molecule has 0 saturated carbocycles. The standard InChI is InChI=1S/C21H27NO4/c1-3-22(13-6-14-25-20-8-5-4-7-17(20)2)21(24)16-26-19-11-9-18(15-23)10-12-19/h4-5,7-12,23H,3,6,13-16H2,1-2H3. The summed E-state index contributed by atoms with van der Waals surface area (Å²) < 4.78 is 11.3. The molecule has 26 heavy (non-hydrogen) atoms. The number of aryl methyl sites for hydroxylation is 1. The lowest BCUT2D eigenvalue weighted by Gasteiger charge is -2.21. The molecule has 0 aliphatic rings. The van der Waals surface area contributed by atoms with Crippen LogP contribution in [0.2, 0.25) is 0 Å². The summed E-state index contributed by atoms with van der Waals surface area (Å²) in [6, 6.07) is 15.0. The molecular weight excluding hydrogens is 330 g/mol. The number of para-hydroxylation sites is 1. The van der Waals surface area contributed by atoms with E-state index in [-0.39, 0.29) is 19.1 Å². The number of amides is 1. The number of carbonyl (C=O) groups is 1. The summed E-state index contributed by atoms with van der Waals surface area (Å²) >= 11 is 0. The second-order valence-electron chi connectivity index (χ2n) is 6.03. The lowest BCUT2D eigenvalue weighted by atomic mass is 10.2. The van der Waals surface area contributed by atoms with Gasteiger partial charge in [0.25, 0.3) is 5.91 Å². The van der Waals surface area contributed by atoms with Crippen molar-refractivity contribution in [2.45, 2.75) is 26.9 Å². The molecule has 0 spiro atoms. The maximum absolute atomic E-state index is 12.3. The topological polar surface area (TPSA) is 59.0 Å². The maximum atomic E-state index is 12.3. The van der Waals surface area contributed by atoms with E-state index in [2.05, 4.69) is 0 Å². The van der Waals surface area contributed by atoms with Gasteiger partial charge in [0.1, 0.15) is 11.5 Å². The van der Waals surface area contributed by atoms with Gasteiger partial charge in [0.2, 0.25) is 0 Å². The number of likely N-dealkylation sites (N-methyl/N-ethyl adjacent to an activating group) is 1. The molecule has 0 atom stereocenters. The molecule has 2 aromatic carbocycles. The largest absolute Gasteiger partial charge is 0.493 e. The number of benzene rings is 2. The Labute approximate surface area is 155 Å². The van der Waals surface area contributed by atoms with Gasteiger partial charge in [-0.15, -0.1) is 0 Å². The Morgan fingerprint density at radius 1 is 1.08 bits per heavy atom. The zero-order chi connectivity index (χ0) is 18.8. The Morgan fingerprint density at radius 2 is 1.81 bits per heavy atom. The predicted octanol–water partition coefficient (Wildman–Crippen LogP) is 3.18. The monoisotopic (exact) mass is 357 g/mol. The van der Waals surface area contributed by atoms with Crippen molar-refractivity contribution in [2.24, 2.45) is 0 Å². The van der Waals surface area contributed by atoms with E-state index in [0.717, 1.165) is 23.3 Å². The Morgan fingerprint density at radius 3 is 2.46 bits per heavy atom. The third kappa shape index (κ3) is 6.08. The smallest absolute Gasteiger partial charge is 0.260 e. The quantitative estimate of drug-likeness (QED) is 0.664. The van der Waals surface area contributed by atoms with E-state index in [1.807, 2.05) is 38.1 Å². The average Bonchev–Trinajstić information content (AvgIpc) is 2.68. The van der Waals surface area contributed by atoms with Crippen molar-refractivity contribution < 1.29 is 19.4 Å². The number of nitrogens with zero attached hydrogens (tertiary/aromatic N) is 1. The fourth-order valence-electron chi connectivity index (χ4n) is 2.54. The van der Waals surface area contributed by atoms with Gasteiger partial charge < -0.3 is 19.5 Å². The van der Waals surface area contributed by atoms with Crippen LogP contribution in [-0.4, -0.2) is 42.2 Å². The zero-order valence-corrected chi connectivity index (χ0v) is 15.5. The number of hydrogen-bond donors (Lipinski definition) is 1. The van der Waals surface area contributed by atoms with Gasteiger partial charge in [-0.3, -0.25) is 4.79 Å². The molecule has 140 valence electrons. The van der Waals surface area contributed by atoms with Crippen LogP contribution in [0.1, 0.15) is 24.5 Å². The van der Waals surface area contributed by atoms with E-state index in [1.165, 1.54) is 0 Å². The Balaban J connectivity index is 1.72. The number of rotatable bonds is 10. The number of ether oxygens (including phenoxy) is 2. The Hall–Kier alpha value is -2.53. The predicted molar refractivity (Wildman–Crippen MR) is 101 cm³/mol. The van der Waals surface area contributed by atoms with Gasteiger partial charge in [0.05, 0.1) is 13.2 Å². The molecule has 0 heterocycles. The van der Waals surface area contributed by atoms with Crippen molar-refractivity contribution in [1.29, 1.82) is 0 Å². The van der Waals surface area contributed by atoms with Gasteiger partial charge in [-0.25, -0.2) is 0 Å². The van der Waals surface area contributed by atoms with Gasteiger partial charge in [0.15, 0.2) is 6.61 Å². The molecule has 1 N–H and O–H groups in total. The van der Waals surface area contributed by atoms with E-state index in [9.17, 15) is 4.79 Å². The second kappa shape index (κ2) is 10.5. The van der Waals surface area contributed by atoms with E-state index in [1.54, 1.807) is 29.2 Å². The van der Waals surface area contributed by atoms with E-state index in [4.69, 9.17) is 14.6 Å². The maximum Gasteiger partial charge on any atom is 0.260 e. The van der Waals surface area contributed by atoms with Crippen LogP contribution >= 0.6 is 0 Å². The van der Waals surface area contributed by atoms with Crippen molar-refractivity contribution >= 4 is 5.91 Å². The third-order valence-corrected chi connectivity index (χ3v) is 4.13. The third-order valence-electron chi connectivity index (χ3n) is 4.13. The highest BCUT2D eigenvalue weighted by Gasteiger charge is 2.12. The molecule has 0 saturated heterocycles. The van der Waals surface area contributed by atoms with Crippen LogP contribution in [0.4, 0.5) is 0 Å². The first-order chi connectivity index (χ1) is 12.6. The highest BCUT2D eigenvalue weighted by molar-refractivity contribution is 5.77. The molecule has 1 amide bonds. The van der Waals surface area contributed by atoms with Crippen LogP contribution in [-0.2, 0) is 11.4 Å². The molecule has 0 aromatic heterocycles. The molecule has 0 aliphatic carbocycles. The number of carbonyl (C=O) groups excluding carboxylic acids is 1. The molecule has 2 rings (SSSR count). The highest BCUT2D eigenvalue weighted by Crippen LogP contribution is 2.16. The fraction of sp³-hybridized carbons (Fsp3) is 0.381. The van der Waals surface area contributed by atoms with Gasteiger partial charge in [-0.05, 0) is 49.6 Å². The Kier molecular flexibility index (Phi) is 7.96. The second-order valence-corrected chi connectivity index (χ2v) is 6.03. The molecule has 0 radical (unpaired) electrons. The molecule has 0 bridgehead atoms. The summed E-state index contributed by atoms with van der Waals surface area (Å²) in [5.41, 5.74) is 1.92. The molecule has 0 aliphatic heterocycles. The van der Waals surface area contributed by atoms with Gasteiger partial charge >= 0.3 is 0 Å².